The van der Waals surface area contributed by atoms with Crippen molar-refractivity contribution in [1.29, 1.82) is 0 Å². The molecule has 0 aromatic heterocycles. The smallest absolute Gasteiger partial charge is 0.241 e. The van der Waals surface area contributed by atoms with Gasteiger partial charge in [-0.3, -0.25) is 0 Å². The maximum absolute atomic E-state index is 5.77. The summed E-state index contributed by atoms with van der Waals surface area (Å²) in [6.07, 6.45) is 1.87. The summed E-state index contributed by atoms with van der Waals surface area (Å²) >= 11 is 0. The molecule has 0 atom stereocenters. The summed E-state index contributed by atoms with van der Waals surface area (Å²) in [4.78, 5) is 0. The average molecular weight is 184 g/mol. The van der Waals surface area contributed by atoms with Crippen molar-refractivity contribution in [2.24, 2.45) is 5.41 Å². The molecule has 0 heterocycles. The Morgan fingerprint density at radius 2 is 1.75 bits per heavy atom. The Morgan fingerprint density at radius 3 is 2.00 bits per heavy atom. The van der Waals surface area contributed by atoms with E-state index in [2.05, 4.69) is 46.6 Å². The van der Waals surface area contributed by atoms with Crippen molar-refractivity contribution in [3.8, 4) is 0 Å². The second-order valence-electron chi connectivity index (χ2n) is 4.56. The van der Waals surface area contributed by atoms with E-state index in [1.54, 1.807) is 0 Å². The third-order valence-electron chi connectivity index (χ3n) is 1.66. The van der Waals surface area contributed by atoms with Crippen molar-refractivity contribution in [2.75, 3.05) is 0 Å². The van der Waals surface area contributed by atoms with Crippen molar-refractivity contribution >= 4 is 8.32 Å². The van der Waals surface area contributed by atoms with Gasteiger partial charge in [0.25, 0.3) is 0 Å². The van der Waals surface area contributed by atoms with Gasteiger partial charge in [-0.1, -0.05) is 12.7 Å². The molecule has 70 valence electrons. The predicted octanol–water partition coefficient (Wildman–Crippen LogP) is 3.56. The molecule has 0 bridgehead atoms. The molecule has 0 aliphatic heterocycles. The maximum Gasteiger partial charge on any atom is 0.241 e. The lowest BCUT2D eigenvalue weighted by Crippen LogP contribution is -2.28. The molecule has 1 nitrogen and oxygen atoms in total. The summed E-state index contributed by atoms with van der Waals surface area (Å²) in [6.45, 7) is 18.2. The molecule has 0 rings (SSSR count). The summed E-state index contributed by atoms with van der Waals surface area (Å²) < 4.78 is 5.77. The van der Waals surface area contributed by atoms with Crippen LogP contribution in [0.15, 0.2) is 25.0 Å². The van der Waals surface area contributed by atoms with Crippen LogP contribution in [0.1, 0.15) is 13.8 Å². The van der Waals surface area contributed by atoms with Gasteiger partial charge in [-0.05, 0) is 33.5 Å². The Bertz CT molecular complexity index is 187. The largest absolute Gasteiger partial charge is 0.547 e. The first-order valence-corrected chi connectivity index (χ1v) is 7.62. The third kappa shape index (κ3) is 3.76. The van der Waals surface area contributed by atoms with Gasteiger partial charge in [0.1, 0.15) is 0 Å². The molecular formula is C10H20OSi. The van der Waals surface area contributed by atoms with Crippen LogP contribution >= 0.6 is 0 Å². The first-order chi connectivity index (χ1) is 5.19. The van der Waals surface area contributed by atoms with Gasteiger partial charge in [-0.2, -0.15) is 0 Å². The van der Waals surface area contributed by atoms with E-state index in [0.29, 0.717) is 0 Å². The van der Waals surface area contributed by atoms with Gasteiger partial charge in [0.05, 0.1) is 5.76 Å². The van der Waals surface area contributed by atoms with Crippen molar-refractivity contribution < 1.29 is 4.43 Å². The van der Waals surface area contributed by atoms with Gasteiger partial charge >= 0.3 is 0 Å². The first kappa shape index (κ1) is 11.5. The Morgan fingerprint density at radius 1 is 1.33 bits per heavy atom. The second-order valence-corrected chi connectivity index (χ2v) is 8.99. The molecule has 0 N–H and O–H groups in total. The molecule has 0 saturated carbocycles. The third-order valence-corrected chi connectivity index (χ3v) is 2.52. The molecule has 0 saturated heterocycles. The van der Waals surface area contributed by atoms with Gasteiger partial charge in [0.2, 0.25) is 8.32 Å². The fourth-order valence-electron chi connectivity index (χ4n) is 0.615. The van der Waals surface area contributed by atoms with Crippen LogP contribution in [0.25, 0.3) is 0 Å². The molecule has 0 aromatic carbocycles. The number of allylic oxidation sites excluding steroid dienone is 1. The van der Waals surface area contributed by atoms with Crippen molar-refractivity contribution in [3.63, 3.8) is 0 Å². The fraction of sp³-hybridized carbons (Fsp3) is 0.600. The molecule has 0 spiro atoms. The van der Waals surface area contributed by atoms with E-state index in [4.69, 9.17) is 4.43 Å². The SMILES string of the molecule is C=CC(C)(C)C(=C)O[Si](C)(C)C. The summed E-state index contributed by atoms with van der Waals surface area (Å²) in [6, 6.07) is 0. The lowest BCUT2D eigenvalue weighted by molar-refractivity contribution is 0.318. The Labute approximate surface area is 77.3 Å². The monoisotopic (exact) mass is 184 g/mol. The lowest BCUT2D eigenvalue weighted by Gasteiger charge is -2.29. The quantitative estimate of drug-likeness (QED) is 0.369. The number of rotatable bonds is 4. The Kier molecular flexibility index (Phi) is 3.33. The molecule has 0 aromatic rings. The maximum atomic E-state index is 5.77. The highest BCUT2D eigenvalue weighted by atomic mass is 28.4. The highest BCUT2D eigenvalue weighted by Gasteiger charge is 2.24. The summed E-state index contributed by atoms with van der Waals surface area (Å²) in [7, 11) is -1.49. The molecule has 0 radical (unpaired) electrons. The van der Waals surface area contributed by atoms with E-state index >= 15 is 0 Å². The summed E-state index contributed by atoms with van der Waals surface area (Å²) in [5.74, 6) is 0.830. The molecule has 12 heavy (non-hydrogen) atoms. The number of hydrogen-bond acceptors (Lipinski definition) is 1. The topological polar surface area (TPSA) is 9.23 Å². The zero-order valence-corrected chi connectivity index (χ0v) is 9.90. The van der Waals surface area contributed by atoms with Crippen LogP contribution in [0, 0.1) is 5.41 Å². The average Bonchev–Trinajstić information content (AvgIpc) is 1.84. The Hall–Kier alpha value is -0.503. The first-order valence-electron chi connectivity index (χ1n) is 4.21. The number of hydrogen-bond donors (Lipinski definition) is 0. The van der Waals surface area contributed by atoms with Gasteiger partial charge in [-0.15, -0.1) is 6.58 Å². The zero-order chi connectivity index (χ0) is 9.99. The standard InChI is InChI=1S/C10H20OSi/c1-8-10(3,4)9(2)11-12(5,6)7/h8H,1-2H2,3-7H3. The van der Waals surface area contributed by atoms with Crippen LogP contribution in [0.2, 0.25) is 19.6 Å². The Balaban J connectivity index is 4.33. The van der Waals surface area contributed by atoms with E-state index in [-0.39, 0.29) is 5.41 Å². The van der Waals surface area contributed by atoms with Crippen LogP contribution in [0.3, 0.4) is 0 Å². The molecule has 2 heteroatoms. The molecule has 0 aliphatic rings. The predicted molar refractivity (Wildman–Crippen MR) is 57.5 cm³/mol. The summed E-state index contributed by atoms with van der Waals surface area (Å²) in [5.41, 5.74) is -0.111. The lowest BCUT2D eigenvalue weighted by atomic mass is 9.92. The van der Waals surface area contributed by atoms with Gasteiger partial charge in [-0.25, -0.2) is 0 Å². The minimum absolute atomic E-state index is 0.111. The molecule has 0 fully saturated rings. The van der Waals surface area contributed by atoms with Crippen LogP contribution in [0.4, 0.5) is 0 Å². The minimum Gasteiger partial charge on any atom is -0.547 e. The normalized spacial score (nSPS) is 12.4. The van der Waals surface area contributed by atoms with Gasteiger partial charge in [0.15, 0.2) is 0 Å². The minimum atomic E-state index is -1.49. The van der Waals surface area contributed by atoms with Gasteiger partial charge in [0, 0.05) is 5.41 Å². The van der Waals surface area contributed by atoms with Crippen LogP contribution in [-0.2, 0) is 4.43 Å². The van der Waals surface area contributed by atoms with Crippen LogP contribution in [-0.4, -0.2) is 8.32 Å². The van der Waals surface area contributed by atoms with E-state index in [9.17, 15) is 0 Å². The summed E-state index contributed by atoms with van der Waals surface area (Å²) in [5, 5.41) is 0. The zero-order valence-electron chi connectivity index (χ0n) is 8.90. The highest BCUT2D eigenvalue weighted by molar-refractivity contribution is 6.70. The van der Waals surface area contributed by atoms with Crippen molar-refractivity contribution in [3.05, 3.63) is 25.0 Å². The molecule has 0 aliphatic carbocycles. The molecular weight excluding hydrogens is 164 g/mol. The van der Waals surface area contributed by atoms with Crippen molar-refractivity contribution in [2.45, 2.75) is 33.5 Å². The highest BCUT2D eigenvalue weighted by Crippen LogP contribution is 2.29. The van der Waals surface area contributed by atoms with Crippen LogP contribution < -0.4 is 0 Å². The van der Waals surface area contributed by atoms with E-state index in [1.165, 1.54) is 0 Å². The van der Waals surface area contributed by atoms with E-state index in [0.717, 1.165) is 5.76 Å². The molecule has 0 amide bonds. The molecule has 0 unspecified atom stereocenters. The van der Waals surface area contributed by atoms with E-state index in [1.807, 2.05) is 6.08 Å². The van der Waals surface area contributed by atoms with Crippen LogP contribution in [0.5, 0.6) is 0 Å². The van der Waals surface area contributed by atoms with Gasteiger partial charge < -0.3 is 4.43 Å². The fourth-order valence-corrected chi connectivity index (χ4v) is 1.62. The second kappa shape index (κ2) is 3.48. The van der Waals surface area contributed by atoms with Crippen molar-refractivity contribution in [1.82, 2.24) is 0 Å². The van der Waals surface area contributed by atoms with E-state index < -0.39 is 8.32 Å².